The highest BCUT2D eigenvalue weighted by molar-refractivity contribution is 5.77. The summed E-state index contributed by atoms with van der Waals surface area (Å²) >= 11 is 0. The van der Waals surface area contributed by atoms with Gasteiger partial charge in [-0.05, 0) is 36.7 Å². The largest absolute Gasteiger partial charge is 0.353 e. The molecule has 2 fully saturated rings. The fourth-order valence-electron chi connectivity index (χ4n) is 3.60. The molecule has 0 radical (unpaired) electrons. The molecule has 114 valence electrons. The number of carbonyl (C=O) groups excluding carboxylic acids is 1. The molecule has 4 atom stereocenters. The Hall–Kier alpha value is -1.39. The van der Waals surface area contributed by atoms with Crippen LogP contribution in [0, 0.1) is 5.92 Å². The van der Waals surface area contributed by atoms with Crippen LogP contribution in [0.5, 0.6) is 0 Å². The monoisotopic (exact) mass is 287 g/mol. The van der Waals surface area contributed by atoms with Crippen LogP contribution >= 0.6 is 0 Å². The van der Waals surface area contributed by atoms with Gasteiger partial charge in [0.2, 0.25) is 5.91 Å². The van der Waals surface area contributed by atoms with Gasteiger partial charge in [-0.2, -0.15) is 0 Å². The molecule has 0 bridgehead atoms. The highest BCUT2D eigenvalue weighted by atomic mass is 16.1. The van der Waals surface area contributed by atoms with Crippen LogP contribution in [0.4, 0.5) is 0 Å². The first-order chi connectivity index (χ1) is 10.2. The summed E-state index contributed by atoms with van der Waals surface area (Å²) in [6, 6.07) is 11.2. The SMILES string of the molecule is CC(CC(=O)NC1CCC2NNCC2C1)c1ccccc1. The van der Waals surface area contributed by atoms with Crippen LogP contribution in [0.3, 0.4) is 0 Å². The first-order valence-corrected chi connectivity index (χ1v) is 8.05. The van der Waals surface area contributed by atoms with Crippen LogP contribution in [-0.4, -0.2) is 24.5 Å². The van der Waals surface area contributed by atoms with Crippen LogP contribution in [0.15, 0.2) is 30.3 Å². The molecule has 3 N–H and O–H groups in total. The normalized spacial score (nSPS) is 29.7. The lowest BCUT2D eigenvalue weighted by atomic mass is 9.83. The molecule has 1 saturated heterocycles. The first kappa shape index (κ1) is 14.5. The van der Waals surface area contributed by atoms with Crippen molar-refractivity contribution in [3.05, 3.63) is 35.9 Å². The van der Waals surface area contributed by atoms with Crippen molar-refractivity contribution in [2.24, 2.45) is 5.92 Å². The van der Waals surface area contributed by atoms with Crippen LogP contribution in [0.25, 0.3) is 0 Å². The minimum absolute atomic E-state index is 0.189. The molecule has 1 aromatic rings. The van der Waals surface area contributed by atoms with Gasteiger partial charge >= 0.3 is 0 Å². The second-order valence-corrected chi connectivity index (χ2v) is 6.49. The van der Waals surface area contributed by atoms with E-state index in [2.05, 4.69) is 35.2 Å². The summed E-state index contributed by atoms with van der Waals surface area (Å²) in [5.74, 6) is 1.13. The maximum Gasteiger partial charge on any atom is 0.220 e. The molecule has 1 saturated carbocycles. The predicted molar refractivity (Wildman–Crippen MR) is 83.7 cm³/mol. The molecule has 21 heavy (non-hydrogen) atoms. The number of benzene rings is 1. The van der Waals surface area contributed by atoms with Gasteiger partial charge < -0.3 is 5.32 Å². The van der Waals surface area contributed by atoms with Crippen LogP contribution < -0.4 is 16.2 Å². The van der Waals surface area contributed by atoms with Crippen LogP contribution in [0.1, 0.15) is 44.1 Å². The summed E-state index contributed by atoms with van der Waals surface area (Å²) in [6.45, 7) is 3.15. The molecule has 2 aliphatic rings. The first-order valence-electron chi connectivity index (χ1n) is 8.05. The van der Waals surface area contributed by atoms with E-state index in [1.54, 1.807) is 0 Å². The minimum atomic E-state index is 0.189. The van der Waals surface area contributed by atoms with Gasteiger partial charge in [-0.1, -0.05) is 37.3 Å². The molecule has 0 aromatic heterocycles. The van der Waals surface area contributed by atoms with Crippen molar-refractivity contribution >= 4 is 5.91 Å². The topological polar surface area (TPSA) is 53.2 Å². The molecular weight excluding hydrogens is 262 g/mol. The van der Waals surface area contributed by atoms with Crippen LogP contribution in [0.2, 0.25) is 0 Å². The molecule has 1 heterocycles. The lowest BCUT2D eigenvalue weighted by Gasteiger charge is -2.31. The number of carbonyl (C=O) groups is 1. The smallest absolute Gasteiger partial charge is 0.220 e. The fourth-order valence-corrected chi connectivity index (χ4v) is 3.60. The summed E-state index contributed by atoms with van der Waals surface area (Å²) < 4.78 is 0. The van der Waals surface area contributed by atoms with E-state index < -0.39 is 0 Å². The molecule has 4 nitrogen and oxygen atoms in total. The van der Waals surface area contributed by atoms with Gasteiger partial charge in [0, 0.05) is 25.0 Å². The number of hydrogen-bond acceptors (Lipinski definition) is 3. The zero-order valence-electron chi connectivity index (χ0n) is 12.6. The minimum Gasteiger partial charge on any atom is -0.353 e. The number of fused-ring (bicyclic) bond motifs is 1. The van der Waals surface area contributed by atoms with Crippen molar-refractivity contribution < 1.29 is 4.79 Å². The third-order valence-electron chi connectivity index (χ3n) is 4.86. The summed E-state index contributed by atoms with van der Waals surface area (Å²) in [5, 5.41) is 3.24. The molecule has 4 unspecified atom stereocenters. The molecular formula is C17H25N3O. The Kier molecular flexibility index (Phi) is 4.56. The van der Waals surface area contributed by atoms with Crippen molar-refractivity contribution in [2.45, 2.75) is 50.6 Å². The van der Waals surface area contributed by atoms with E-state index in [-0.39, 0.29) is 11.8 Å². The van der Waals surface area contributed by atoms with E-state index in [0.29, 0.717) is 24.4 Å². The maximum absolute atomic E-state index is 12.2. The van der Waals surface area contributed by atoms with Crippen molar-refractivity contribution in [3.8, 4) is 0 Å². The predicted octanol–water partition coefficient (Wildman–Crippen LogP) is 1.94. The van der Waals surface area contributed by atoms with Gasteiger partial charge in [-0.25, -0.2) is 0 Å². The quantitative estimate of drug-likeness (QED) is 0.793. The van der Waals surface area contributed by atoms with Gasteiger partial charge in [0.1, 0.15) is 0 Å². The molecule has 1 aliphatic carbocycles. The average molecular weight is 287 g/mol. The number of nitrogens with one attached hydrogen (secondary N) is 3. The van der Waals surface area contributed by atoms with Crippen molar-refractivity contribution in [3.63, 3.8) is 0 Å². The van der Waals surface area contributed by atoms with Crippen molar-refractivity contribution in [1.82, 2.24) is 16.2 Å². The Morgan fingerprint density at radius 3 is 2.95 bits per heavy atom. The van der Waals surface area contributed by atoms with Gasteiger partial charge in [0.25, 0.3) is 0 Å². The Morgan fingerprint density at radius 2 is 2.14 bits per heavy atom. The number of amides is 1. The highest BCUT2D eigenvalue weighted by Gasteiger charge is 2.34. The van der Waals surface area contributed by atoms with E-state index in [4.69, 9.17) is 0 Å². The third kappa shape index (κ3) is 3.63. The molecule has 1 aliphatic heterocycles. The zero-order chi connectivity index (χ0) is 14.7. The summed E-state index contributed by atoms with van der Waals surface area (Å²) in [4.78, 5) is 12.2. The van der Waals surface area contributed by atoms with E-state index >= 15 is 0 Å². The lowest BCUT2D eigenvalue weighted by molar-refractivity contribution is -0.122. The summed E-state index contributed by atoms with van der Waals surface area (Å²) in [6.07, 6.45) is 3.90. The molecule has 0 spiro atoms. The van der Waals surface area contributed by atoms with E-state index in [9.17, 15) is 4.79 Å². The van der Waals surface area contributed by atoms with E-state index in [1.165, 1.54) is 5.56 Å². The molecule has 3 rings (SSSR count). The zero-order valence-corrected chi connectivity index (χ0v) is 12.6. The molecule has 1 aromatic carbocycles. The third-order valence-corrected chi connectivity index (χ3v) is 4.86. The summed E-state index contributed by atoms with van der Waals surface area (Å²) in [7, 11) is 0. The van der Waals surface area contributed by atoms with Gasteiger partial charge in [0.05, 0.1) is 0 Å². The van der Waals surface area contributed by atoms with E-state index in [1.807, 2.05) is 18.2 Å². The van der Waals surface area contributed by atoms with E-state index in [0.717, 1.165) is 25.8 Å². The fraction of sp³-hybridized carbons (Fsp3) is 0.588. The average Bonchev–Trinajstić information content (AvgIpc) is 2.95. The number of rotatable bonds is 4. The second kappa shape index (κ2) is 6.58. The van der Waals surface area contributed by atoms with Gasteiger partial charge in [-0.3, -0.25) is 15.6 Å². The second-order valence-electron chi connectivity index (χ2n) is 6.49. The Bertz CT molecular complexity index is 476. The lowest BCUT2D eigenvalue weighted by Crippen LogP contribution is -2.44. The molecule has 1 amide bonds. The Balaban J connectivity index is 1.48. The van der Waals surface area contributed by atoms with Gasteiger partial charge in [0.15, 0.2) is 0 Å². The Labute approximate surface area is 126 Å². The van der Waals surface area contributed by atoms with Crippen molar-refractivity contribution in [2.75, 3.05) is 6.54 Å². The standard InChI is InChI=1S/C17H25N3O/c1-12(13-5-3-2-4-6-13)9-17(21)19-15-7-8-16-14(10-15)11-18-20-16/h2-6,12,14-16,18,20H,7-11H2,1H3,(H,19,21). The maximum atomic E-state index is 12.2. The molecule has 4 heteroatoms. The summed E-state index contributed by atoms with van der Waals surface area (Å²) in [5.41, 5.74) is 7.79. The van der Waals surface area contributed by atoms with Crippen molar-refractivity contribution in [1.29, 1.82) is 0 Å². The highest BCUT2D eigenvalue weighted by Crippen LogP contribution is 2.27. The Morgan fingerprint density at radius 1 is 1.33 bits per heavy atom. The number of hydrogen-bond donors (Lipinski definition) is 3. The van der Waals surface area contributed by atoms with Gasteiger partial charge in [-0.15, -0.1) is 0 Å². The van der Waals surface area contributed by atoms with Crippen LogP contribution in [-0.2, 0) is 4.79 Å². The number of hydrazine groups is 1.